The van der Waals surface area contributed by atoms with Crippen LogP contribution in [-0.2, 0) is 0 Å². The van der Waals surface area contributed by atoms with Gasteiger partial charge in [-0.1, -0.05) is 7.43 Å². The van der Waals surface area contributed by atoms with Gasteiger partial charge in [-0.15, -0.1) is 0 Å². The molecular formula is C4H13NO. The summed E-state index contributed by atoms with van der Waals surface area (Å²) in [4.78, 5) is 0. The fourth-order valence-electron chi connectivity index (χ4n) is 0. The lowest BCUT2D eigenvalue weighted by Crippen LogP contribution is -2.25. The molecule has 0 saturated heterocycles. The molecule has 6 heavy (non-hydrogen) atoms. The Kier molecular flexibility index (Phi) is 3.35. The van der Waals surface area contributed by atoms with Crippen LogP contribution in [0.1, 0.15) is 7.43 Å². The van der Waals surface area contributed by atoms with E-state index in [9.17, 15) is 5.21 Å². The summed E-state index contributed by atoms with van der Waals surface area (Å²) < 4.78 is -0.250. The van der Waals surface area contributed by atoms with Crippen LogP contribution >= 0.6 is 0 Å². The zero-order valence-electron chi connectivity index (χ0n) is 3.86. The van der Waals surface area contributed by atoms with Crippen LogP contribution in [0.4, 0.5) is 0 Å². The van der Waals surface area contributed by atoms with E-state index in [0.29, 0.717) is 0 Å². The number of quaternary nitrogens is 1. The van der Waals surface area contributed by atoms with Crippen LogP contribution in [0.5, 0.6) is 0 Å². The lowest BCUT2D eigenvalue weighted by Gasteiger charge is -2.27. The Morgan fingerprint density at radius 1 is 1.17 bits per heavy atom. The molecule has 0 aliphatic carbocycles. The Morgan fingerprint density at radius 2 is 1.17 bits per heavy atom. The van der Waals surface area contributed by atoms with E-state index in [2.05, 4.69) is 0 Å². The van der Waals surface area contributed by atoms with Gasteiger partial charge in [0.05, 0.1) is 21.1 Å². The molecule has 0 N–H and O–H groups in total. The van der Waals surface area contributed by atoms with E-state index >= 15 is 0 Å². The van der Waals surface area contributed by atoms with Crippen molar-refractivity contribution in [3.05, 3.63) is 5.21 Å². The lowest BCUT2D eigenvalue weighted by atomic mass is 11.0. The number of nitrogens with zero attached hydrogens (tertiary/aromatic N) is 1. The van der Waals surface area contributed by atoms with Crippen LogP contribution in [0, 0.1) is 5.21 Å². The summed E-state index contributed by atoms with van der Waals surface area (Å²) in [6.45, 7) is 0. The summed E-state index contributed by atoms with van der Waals surface area (Å²) in [5, 5.41) is 10.0. The van der Waals surface area contributed by atoms with Crippen LogP contribution in [0.25, 0.3) is 0 Å². The molecule has 0 radical (unpaired) electrons. The van der Waals surface area contributed by atoms with E-state index in [-0.39, 0.29) is 12.1 Å². The maximum Gasteiger partial charge on any atom is 0.0674 e. The SMILES string of the molecule is C.C[N+](C)(C)[O-]. The van der Waals surface area contributed by atoms with Gasteiger partial charge in [-0.3, -0.25) is 0 Å². The molecular weight excluding hydrogens is 78.0 g/mol. The normalized spacial score (nSPS) is 10.0. The molecule has 0 aromatic heterocycles. The standard InChI is InChI=1S/C3H9NO.CH4/c1-4(2,3)5;/h1-3H3;1H4. The van der Waals surface area contributed by atoms with Crippen molar-refractivity contribution in [3.8, 4) is 0 Å². The number of hydroxylamine groups is 3. The molecule has 0 unspecified atom stereocenters. The second-order valence-corrected chi connectivity index (χ2v) is 1.89. The van der Waals surface area contributed by atoms with Gasteiger partial charge in [0.1, 0.15) is 0 Å². The predicted octanol–water partition coefficient (Wildman–Crippen LogP) is 0.826. The third-order valence-corrected chi connectivity index (χ3v) is 0. The van der Waals surface area contributed by atoms with Gasteiger partial charge in [0.25, 0.3) is 0 Å². The molecule has 0 aliphatic heterocycles. The first-order valence-electron chi connectivity index (χ1n) is 1.52. The number of hydrogen-bond donors (Lipinski definition) is 0. The largest absolute Gasteiger partial charge is 0.633 e. The van der Waals surface area contributed by atoms with Crippen LogP contribution in [-0.4, -0.2) is 25.8 Å². The molecule has 0 aliphatic rings. The topological polar surface area (TPSA) is 23.1 Å². The van der Waals surface area contributed by atoms with Crippen molar-refractivity contribution in [2.24, 2.45) is 0 Å². The van der Waals surface area contributed by atoms with Crippen molar-refractivity contribution in [3.63, 3.8) is 0 Å². The molecule has 0 aromatic rings. The van der Waals surface area contributed by atoms with Crippen LogP contribution in [0.2, 0.25) is 0 Å². The van der Waals surface area contributed by atoms with E-state index in [4.69, 9.17) is 0 Å². The molecule has 0 spiro atoms. The van der Waals surface area contributed by atoms with Gasteiger partial charge >= 0.3 is 0 Å². The van der Waals surface area contributed by atoms with Gasteiger partial charge in [-0.05, 0) is 0 Å². The Morgan fingerprint density at radius 3 is 1.17 bits per heavy atom. The van der Waals surface area contributed by atoms with Gasteiger partial charge < -0.3 is 9.85 Å². The minimum atomic E-state index is -0.250. The van der Waals surface area contributed by atoms with Gasteiger partial charge in [0.2, 0.25) is 0 Å². The van der Waals surface area contributed by atoms with Gasteiger partial charge in [0, 0.05) is 0 Å². The highest BCUT2D eigenvalue weighted by Crippen LogP contribution is 1.77. The molecule has 0 fully saturated rings. The number of rotatable bonds is 0. The van der Waals surface area contributed by atoms with Crippen molar-refractivity contribution in [2.45, 2.75) is 7.43 Å². The summed E-state index contributed by atoms with van der Waals surface area (Å²) >= 11 is 0. The molecule has 0 rings (SSSR count). The van der Waals surface area contributed by atoms with E-state index in [1.165, 1.54) is 0 Å². The van der Waals surface area contributed by atoms with E-state index in [1.807, 2.05) is 0 Å². The second kappa shape index (κ2) is 2.16. The first-order valence-corrected chi connectivity index (χ1v) is 1.52. The quantitative estimate of drug-likeness (QED) is 0.320. The third-order valence-electron chi connectivity index (χ3n) is 0. The monoisotopic (exact) mass is 91.1 g/mol. The van der Waals surface area contributed by atoms with Crippen LogP contribution in [0.3, 0.4) is 0 Å². The summed E-state index contributed by atoms with van der Waals surface area (Å²) in [7, 11) is 4.71. The molecule has 0 saturated carbocycles. The summed E-state index contributed by atoms with van der Waals surface area (Å²) in [6, 6.07) is 0. The van der Waals surface area contributed by atoms with Crippen molar-refractivity contribution >= 4 is 0 Å². The Labute approximate surface area is 39.6 Å². The smallest absolute Gasteiger partial charge is 0.0674 e. The van der Waals surface area contributed by atoms with Gasteiger partial charge in [-0.25, -0.2) is 0 Å². The Balaban J connectivity index is 0. The molecule has 2 heteroatoms. The van der Waals surface area contributed by atoms with Crippen molar-refractivity contribution < 1.29 is 4.65 Å². The van der Waals surface area contributed by atoms with E-state index < -0.39 is 0 Å². The maximum absolute atomic E-state index is 10.0. The highest BCUT2D eigenvalue weighted by atomic mass is 16.5. The lowest BCUT2D eigenvalue weighted by molar-refractivity contribution is -0.818. The van der Waals surface area contributed by atoms with Crippen molar-refractivity contribution in [1.29, 1.82) is 0 Å². The summed E-state index contributed by atoms with van der Waals surface area (Å²) in [5.74, 6) is 0. The zero-order chi connectivity index (χ0) is 4.50. The molecule has 0 atom stereocenters. The molecule has 0 bridgehead atoms. The maximum atomic E-state index is 10.0. The molecule has 0 amide bonds. The number of hydrogen-bond acceptors (Lipinski definition) is 1. The van der Waals surface area contributed by atoms with Crippen molar-refractivity contribution in [1.82, 2.24) is 0 Å². The molecule has 2 nitrogen and oxygen atoms in total. The van der Waals surface area contributed by atoms with E-state index in [0.717, 1.165) is 0 Å². The van der Waals surface area contributed by atoms with Gasteiger partial charge in [0.15, 0.2) is 0 Å². The van der Waals surface area contributed by atoms with Crippen LogP contribution in [0.15, 0.2) is 0 Å². The molecule has 0 heterocycles. The summed E-state index contributed by atoms with van der Waals surface area (Å²) in [6.07, 6.45) is 0. The van der Waals surface area contributed by atoms with Gasteiger partial charge in [-0.2, -0.15) is 0 Å². The fourth-order valence-corrected chi connectivity index (χ4v) is 0. The molecule has 0 aromatic carbocycles. The highest BCUT2D eigenvalue weighted by Gasteiger charge is 1.79. The minimum absolute atomic E-state index is 0. The summed E-state index contributed by atoms with van der Waals surface area (Å²) in [5.41, 5.74) is 0. The first kappa shape index (κ1) is 9.33. The minimum Gasteiger partial charge on any atom is -0.633 e. The second-order valence-electron chi connectivity index (χ2n) is 1.89. The van der Waals surface area contributed by atoms with Crippen molar-refractivity contribution in [2.75, 3.05) is 21.1 Å². The average Bonchev–Trinajstić information content (AvgIpc) is 0.722. The van der Waals surface area contributed by atoms with E-state index in [1.54, 1.807) is 21.1 Å². The third kappa shape index (κ3) is 5220. The Hall–Kier alpha value is -0.0800. The average molecular weight is 91.2 g/mol. The zero-order valence-corrected chi connectivity index (χ0v) is 3.86. The first-order chi connectivity index (χ1) is 2.00. The highest BCUT2D eigenvalue weighted by molar-refractivity contribution is 4.05. The predicted molar refractivity (Wildman–Crippen MR) is 28.1 cm³/mol. The molecule has 40 valence electrons. The fraction of sp³-hybridized carbons (Fsp3) is 1.00. The van der Waals surface area contributed by atoms with Crippen LogP contribution < -0.4 is 0 Å². The Bertz CT molecular complexity index is 23.0.